The van der Waals surface area contributed by atoms with Gasteiger partial charge in [0.1, 0.15) is 0 Å². The molecule has 3 rings (SSSR count). The van der Waals surface area contributed by atoms with Gasteiger partial charge < -0.3 is 10.5 Å². The number of carbonyl (C=O) groups excluding carboxylic acids is 1. The molecule has 0 aliphatic carbocycles. The zero-order chi connectivity index (χ0) is 28.7. The Hall–Kier alpha value is -3.46. The summed E-state index contributed by atoms with van der Waals surface area (Å²) in [7, 11) is -4.11. The molecule has 0 aliphatic heterocycles. The monoisotopic (exact) mass is 552 g/mol. The summed E-state index contributed by atoms with van der Waals surface area (Å²) >= 11 is 0. The van der Waals surface area contributed by atoms with Crippen molar-refractivity contribution >= 4 is 21.9 Å². The zero-order valence-electron chi connectivity index (χ0n) is 23.7. The standard InChI is InChI=1S/C30H40N4O4S/c1-19(2)13-14-23-10-7-9-22(6)28(23)26-17-27(38-18-21(5)15-20(3)4)33-30(32-26)34-39(36,37)25-12-8-11-24(16-25)29(31)35/h7-12,16-17,19-21H,13-15,18H2,1-6H3,(H2,31,35)(H,32,33,34)/t21-/m1/s1. The largest absolute Gasteiger partial charge is 0.477 e. The number of aryl methyl sites for hydroxylation is 2. The molecule has 3 aromatic rings. The highest BCUT2D eigenvalue weighted by molar-refractivity contribution is 7.92. The van der Waals surface area contributed by atoms with E-state index in [2.05, 4.69) is 55.4 Å². The number of amides is 1. The molecule has 8 nitrogen and oxygen atoms in total. The van der Waals surface area contributed by atoms with E-state index in [1.54, 1.807) is 6.07 Å². The maximum absolute atomic E-state index is 13.3. The van der Waals surface area contributed by atoms with Crippen molar-refractivity contribution in [2.75, 3.05) is 11.3 Å². The van der Waals surface area contributed by atoms with Crippen molar-refractivity contribution in [1.29, 1.82) is 0 Å². The molecule has 0 bridgehead atoms. The van der Waals surface area contributed by atoms with E-state index >= 15 is 0 Å². The summed E-state index contributed by atoms with van der Waals surface area (Å²) in [4.78, 5) is 20.5. The third-order valence-electron chi connectivity index (χ3n) is 6.35. The summed E-state index contributed by atoms with van der Waals surface area (Å²) < 4.78 is 35.1. The molecule has 9 heteroatoms. The molecule has 0 saturated carbocycles. The Morgan fingerprint density at radius 2 is 1.72 bits per heavy atom. The molecule has 0 spiro atoms. The van der Waals surface area contributed by atoms with Crippen LogP contribution in [0, 0.1) is 24.7 Å². The van der Waals surface area contributed by atoms with Crippen molar-refractivity contribution in [3.63, 3.8) is 0 Å². The molecule has 0 saturated heterocycles. The number of ether oxygens (including phenoxy) is 1. The van der Waals surface area contributed by atoms with Crippen LogP contribution in [0.1, 0.15) is 68.9 Å². The zero-order valence-corrected chi connectivity index (χ0v) is 24.5. The molecule has 0 fully saturated rings. The number of nitrogens with zero attached hydrogens (tertiary/aromatic N) is 2. The minimum atomic E-state index is -4.11. The molecule has 39 heavy (non-hydrogen) atoms. The average molecular weight is 553 g/mol. The van der Waals surface area contributed by atoms with Crippen LogP contribution in [0.25, 0.3) is 11.3 Å². The Balaban J connectivity index is 2.05. The van der Waals surface area contributed by atoms with Crippen LogP contribution in [-0.2, 0) is 16.4 Å². The number of nitrogens with two attached hydrogens (primary N) is 1. The number of nitrogens with one attached hydrogen (secondary N) is 1. The van der Waals surface area contributed by atoms with Gasteiger partial charge in [0.05, 0.1) is 17.2 Å². The van der Waals surface area contributed by atoms with Crippen LogP contribution >= 0.6 is 0 Å². The normalized spacial score (nSPS) is 12.5. The summed E-state index contributed by atoms with van der Waals surface area (Å²) in [6.07, 6.45) is 2.86. The maximum atomic E-state index is 13.3. The van der Waals surface area contributed by atoms with Gasteiger partial charge in [0.15, 0.2) is 0 Å². The lowest BCUT2D eigenvalue weighted by Gasteiger charge is -2.18. The fourth-order valence-corrected chi connectivity index (χ4v) is 5.51. The second-order valence-corrected chi connectivity index (χ2v) is 12.7. The van der Waals surface area contributed by atoms with Crippen molar-refractivity contribution in [2.45, 2.75) is 65.7 Å². The lowest BCUT2D eigenvalue weighted by atomic mass is 9.93. The Morgan fingerprint density at radius 3 is 2.38 bits per heavy atom. The first-order valence-corrected chi connectivity index (χ1v) is 14.9. The van der Waals surface area contributed by atoms with E-state index in [0.717, 1.165) is 36.0 Å². The summed E-state index contributed by atoms with van der Waals surface area (Å²) in [6.45, 7) is 13.3. The van der Waals surface area contributed by atoms with Crippen LogP contribution < -0.4 is 15.2 Å². The first-order valence-electron chi connectivity index (χ1n) is 13.4. The number of aromatic nitrogens is 2. The molecule has 2 aromatic carbocycles. The van der Waals surface area contributed by atoms with E-state index in [1.807, 2.05) is 19.1 Å². The van der Waals surface area contributed by atoms with E-state index in [0.29, 0.717) is 30.1 Å². The quantitative estimate of drug-likeness (QED) is 0.268. The summed E-state index contributed by atoms with van der Waals surface area (Å²) in [5.41, 5.74) is 9.11. The highest BCUT2D eigenvalue weighted by atomic mass is 32.2. The van der Waals surface area contributed by atoms with Gasteiger partial charge in [-0.3, -0.25) is 4.79 Å². The molecule has 0 unspecified atom stereocenters. The Kier molecular flexibility index (Phi) is 10.1. The molecular formula is C30H40N4O4S. The predicted octanol–water partition coefficient (Wildman–Crippen LogP) is 6.00. The highest BCUT2D eigenvalue weighted by Gasteiger charge is 2.20. The van der Waals surface area contributed by atoms with Gasteiger partial charge in [-0.2, -0.15) is 4.98 Å². The van der Waals surface area contributed by atoms with E-state index in [9.17, 15) is 13.2 Å². The Labute approximate surface area is 232 Å². The van der Waals surface area contributed by atoms with Crippen LogP contribution in [0.2, 0.25) is 0 Å². The van der Waals surface area contributed by atoms with Gasteiger partial charge in [0.25, 0.3) is 10.0 Å². The van der Waals surface area contributed by atoms with Crippen LogP contribution in [0.5, 0.6) is 5.88 Å². The number of carbonyl (C=O) groups is 1. The SMILES string of the molecule is Cc1cccc(CCC(C)C)c1-c1cc(OC[C@H](C)CC(C)C)nc(NS(=O)(=O)c2cccc(C(N)=O)c2)n1. The summed E-state index contributed by atoms with van der Waals surface area (Å²) in [6, 6.07) is 13.4. The topological polar surface area (TPSA) is 124 Å². The Morgan fingerprint density at radius 1 is 1.00 bits per heavy atom. The van der Waals surface area contributed by atoms with E-state index in [1.165, 1.54) is 24.3 Å². The van der Waals surface area contributed by atoms with Crippen LogP contribution in [-0.4, -0.2) is 30.9 Å². The minimum Gasteiger partial charge on any atom is -0.477 e. The van der Waals surface area contributed by atoms with Gasteiger partial charge in [-0.25, -0.2) is 18.1 Å². The van der Waals surface area contributed by atoms with E-state index in [-0.39, 0.29) is 22.3 Å². The van der Waals surface area contributed by atoms with Crippen molar-refractivity contribution in [1.82, 2.24) is 9.97 Å². The van der Waals surface area contributed by atoms with Gasteiger partial charge in [-0.1, -0.05) is 58.9 Å². The highest BCUT2D eigenvalue weighted by Crippen LogP contribution is 2.31. The molecule has 1 amide bonds. The number of rotatable bonds is 13. The van der Waals surface area contributed by atoms with Crippen molar-refractivity contribution in [2.24, 2.45) is 23.5 Å². The van der Waals surface area contributed by atoms with E-state index < -0.39 is 15.9 Å². The van der Waals surface area contributed by atoms with Crippen molar-refractivity contribution in [3.8, 4) is 17.1 Å². The van der Waals surface area contributed by atoms with Crippen LogP contribution in [0.3, 0.4) is 0 Å². The number of hydrogen-bond donors (Lipinski definition) is 2. The molecule has 1 aromatic heterocycles. The lowest BCUT2D eigenvalue weighted by molar-refractivity contribution is 0.1000. The summed E-state index contributed by atoms with van der Waals surface area (Å²) in [5.74, 6) is 0.811. The molecule has 3 N–H and O–H groups in total. The maximum Gasteiger partial charge on any atom is 0.264 e. The van der Waals surface area contributed by atoms with Crippen LogP contribution in [0.15, 0.2) is 53.4 Å². The number of benzene rings is 2. The number of anilines is 1. The average Bonchev–Trinajstić information content (AvgIpc) is 2.85. The molecule has 0 radical (unpaired) electrons. The first kappa shape index (κ1) is 30.1. The summed E-state index contributed by atoms with van der Waals surface area (Å²) in [5, 5.41) is 0. The fraction of sp³-hybridized carbons (Fsp3) is 0.433. The van der Waals surface area contributed by atoms with Gasteiger partial charge >= 0.3 is 0 Å². The van der Waals surface area contributed by atoms with E-state index in [4.69, 9.17) is 10.5 Å². The first-order chi connectivity index (χ1) is 18.4. The smallest absolute Gasteiger partial charge is 0.264 e. The Bertz CT molecular complexity index is 1400. The van der Waals surface area contributed by atoms with Gasteiger partial charge in [-0.15, -0.1) is 0 Å². The van der Waals surface area contributed by atoms with Gasteiger partial charge in [0.2, 0.25) is 17.7 Å². The molecule has 210 valence electrons. The molecule has 0 aliphatic rings. The van der Waals surface area contributed by atoms with Gasteiger partial charge in [-0.05, 0) is 73.3 Å². The number of hydrogen-bond acceptors (Lipinski definition) is 6. The third-order valence-corrected chi connectivity index (χ3v) is 7.68. The second kappa shape index (κ2) is 13.1. The van der Waals surface area contributed by atoms with Crippen molar-refractivity contribution < 1.29 is 17.9 Å². The molecule has 1 atom stereocenters. The third kappa shape index (κ3) is 8.51. The molecule has 1 heterocycles. The second-order valence-electron chi connectivity index (χ2n) is 11.0. The number of primary amides is 1. The lowest BCUT2D eigenvalue weighted by Crippen LogP contribution is -2.18. The molecular weight excluding hydrogens is 512 g/mol. The fourth-order valence-electron chi connectivity index (χ4n) is 4.52. The van der Waals surface area contributed by atoms with Crippen molar-refractivity contribution in [3.05, 3.63) is 65.2 Å². The van der Waals surface area contributed by atoms with Crippen LogP contribution in [0.4, 0.5) is 5.95 Å². The predicted molar refractivity (Wildman–Crippen MR) is 155 cm³/mol. The van der Waals surface area contributed by atoms with Gasteiger partial charge in [0, 0.05) is 17.2 Å². The minimum absolute atomic E-state index is 0.0883. The number of sulfonamides is 1.